The van der Waals surface area contributed by atoms with Crippen LogP contribution in [0.1, 0.15) is 52.6 Å². The van der Waals surface area contributed by atoms with Crippen LogP contribution in [-0.2, 0) is 5.41 Å². The molecular weight excluding hydrogens is 446 g/mol. The molecule has 3 rings (SSSR count). The highest BCUT2D eigenvalue weighted by molar-refractivity contribution is 7.80. The molecule has 0 heterocycles. The molecule has 7 heteroatoms. The smallest absolute Gasteiger partial charge is 0.261 e. The van der Waals surface area contributed by atoms with Crippen molar-refractivity contribution in [1.82, 2.24) is 5.32 Å². The van der Waals surface area contributed by atoms with E-state index >= 15 is 0 Å². The molecule has 0 aliphatic carbocycles. The molecule has 0 bridgehead atoms. The molecule has 0 aliphatic rings. The van der Waals surface area contributed by atoms with Crippen molar-refractivity contribution >= 4 is 40.5 Å². The summed E-state index contributed by atoms with van der Waals surface area (Å²) in [5, 5.41) is 8.68. The molecule has 176 valence electrons. The molecule has 0 aliphatic heterocycles. The van der Waals surface area contributed by atoms with Crippen molar-refractivity contribution in [3.8, 4) is 5.75 Å². The molecule has 6 nitrogen and oxygen atoms in total. The van der Waals surface area contributed by atoms with Gasteiger partial charge in [0, 0.05) is 16.9 Å². The van der Waals surface area contributed by atoms with Gasteiger partial charge in [0.2, 0.25) is 0 Å². The van der Waals surface area contributed by atoms with Crippen LogP contribution < -0.4 is 20.7 Å². The Morgan fingerprint density at radius 2 is 1.41 bits per heavy atom. The maximum atomic E-state index is 12.6. The maximum Gasteiger partial charge on any atom is 0.261 e. The summed E-state index contributed by atoms with van der Waals surface area (Å²) in [4.78, 5) is 25.2. The van der Waals surface area contributed by atoms with Crippen molar-refractivity contribution in [2.75, 3.05) is 17.7 Å². The Hall–Kier alpha value is -3.71. The summed E-state index contributed by atoms with van der Waals surface area (Å²) < 4.78 is 5.34. The van der Waals surface area contributed by atoms with Crippen molar-refractivity contribution in [3.63, 3.8) is 0 Å². The highest BCUT2D eigenvalue weighted by Gasteiger charge is 2.16. The van der Waals surface area contributed by atoms with Crippen LogP contribution in [-0.4, -0.2) is 24.0 Å². The SMILES string of the molecule is COc1c(C)cccc1C(=O)NC(=S)Nc1ccc(NC(=O)c2ccc(C(C)(C)C)cc2)cc1. The van der Waals surface area contributed by atoms with Gasteiger partial charge in [-0.1, -0.05) is 45.0 Å². The molecule has 3 aromatic carbocycles. The number of carbonyl (C=O) groups excluding carboxylic acids is 2. The molecule has 3 aromatic rings. The van der Waals surface area contributed by atoms with Crippen molar-refractivity contribution in [2.24, 2.45) is 0 Å². The van der Waals surface area contributed by atoms with Crippen molar-refractivity contribution in [2.45, 2.75) is 33.1 Å². The lowest BCUT2D eigenvalue weighted by molar-refractivity contribution is 0.0973. The number of aryl methyl sites for hydroxylation is 1. The lowest BCUT2D eigenvalue weighted by atomic mass is 9.87. The monoisotopic (exact) mass is 475 g/mol. The van der Waals surface area contributed by atoms with Crippen molar-refractivity contribution in [3.05, 3.63) is 89.0 Å². The highest BCUT2D eigenvalue weighted by atomic mass is 32.1. The summed E-state index contributed by atoms with van der Waals surface area (Å²) in [5.74, 6) is -0.0357. The minimum atomic E-state index is -0.362. The zero-order valence-electron chi connectivity index (χ0n) is 20.0. The van der Waals surface area contributed by atoms with Crippen LogP contribution in [0.15, 0.2) is 66.7 Å². The molecule has 0 radical (unpaired) electrons. The van der Waals surface area contributed by atoms with E-state index in [0.29, 0.717) is 28.3 Å². The fourth-order valence-corrected chi connectivity index (χ4v) is 3.61. The van der Waals surface area contributed by atoms with Gasteiger partial charge < -0.3 is 15.4 Å². The second kappa shape index (κ2) is 10.5. The molecule has 0 saturated carbocycles. The van der Waals surface area contributed by atoms with Crippen LogP contribution in [0.25, 0.3) is 0 Å². The summed E-state index contributed by atoms with van der Waals surface area (Å²) in [7, 11) is 1.52. The summed E-state index contributed by atoms with van der Waals surface area (Å²) in [5.41, 5.74) is 4.37. The van der Waals surface area contributed by atoms with Crippen molar-refractivity contribution in [1.29, 1.82) is 0 Å². The first-order valence-electron chi connectivity index (χ1n) is 10.9. The van der Waals surface area contributed by atoms with E-state index in [0.717, 1.165) is 5.56 Å². The van der Waals surface area contributed by atoms with Gasteiger partial charge in [0.25, 0.3) is 11.8 Å². The largest absolute Gasteiger partial charge is 0.496 e. The Bertz CT molecular complexity index is 1200. The van der Waals surface area contributed by atoms with Gasteiger partial charge in [-0.3, -0.25) is 14.9 Å². The van der Waals surface area contributed by atoms with E-state index < -0.39 is 0 Å². The molecule has 0 saturated heterocycles. The molecule has 0 fully saturated rings. The fourth-order valence-electron chi connectivity index (χ4n) is 3.40. The fraction of sp³-hybridized carbons (Fsp3) is 0.222. The van der Waals surface area contributed by atoms with E-state index in [1.54, 1.807) is 36.4 Å². The summed E-state index contributed by atoms with van der Waals surface area (Å²) >= 11 is 5.27. The number of methoxy groups -OCH3 is 1. The van der Waals surface area contributed by atoms with Gasteiger partial charge in [0.1, 0.15) is 5.75 Å². The summed E-state index contributed by atoms with van der Waals surface area (Å²) in [6.45, 7) is 8.27. The predicted octanol–water partition coefficient (Wildman–Crippen LogP) is 5.68. The Morgan fingerprint density at radius 1 is 0.824 bits per heavy atom. The van der Waals surface area contributed by atoms with E-state index in [-0.39, 0.29) is 22.3 Å². The number of benzene rings is 3. The molecule has 0 aromatic heterocycles. The van der Waals surface area contributed by atoms with Crippen LogP contribution in [0, 0.1) is 6.92 Å². The van der Waals surface area contributed by atoms with Crippen LogP contribution in [0.3, 0.4) is 0 Å². The molecule has 0 unspecified atom stereocenters. The Balaban J connectivity index is 1.58. The maximum absolute atomic E-state index is 12.6. The average Bonchev–Trinajstić information content (AvgIpc) is 2.79. The van der Waals surface area contributed by atoms with E-state index in [1.165, 1.54) is 12.7 Å². The van der Waals surface area contributed by atoms with Gasteiger partial charge >= 0.3 is 0 Å². The van der Waals surface area contributed by atoms with Gasteiger partial charge in [-0.05, 0) is 78.1 Å². The third-order valence-electron chi connectivity index (χ3n) is 5.30. The topological polar surface area (TPSA) is 79.5 Å². The number of carbonyl (C=O) groups is 2. The van der Waals surface area contributed by atoms with E-state index in [9.17, 15) is 9.59 Å². The second-order valence-corrected chi connectivity index (χ2v) is 9.33. The molecule has 34 heavy (non-hydrogen) atoms. The molecular formula is C27H29N3O3S. The first-order valence-corrected chi connectivity index (χ1v) is 11.3. The third-order valence-corrected chi connectivity index (χ3v) is 5.51. The highest BCUT2D eigenvalue weighted by Crippen LogP contribution is 2.24. The summed E-state index contributed by atoms with van der Waals surface area (Å²) in [6.07, 6.45) is 0. The van der Waals surface area contributed by atoms with Gasteiger partial charge in [0.05, 0.1) is 12.7 Å². The van der Waals surface area contributed by atoms with Crippen molar-refractivity contribution < 1.29 is 14.3 Å². The van der Waals surface area contributed by atoms with Crippen LogP contribution in [0.2, 0.25) is 0 Å². The van der Waals surface area contributed by atoms with E-state index in [1.807, 2.05) is 37.3 Å². The zero-order chi connectivity index (χ0) is 24.9. The van der Waals surface area contributed by atoms with Crippen LogP contribution >= 0.6 is 12.2 Å². The van der Waals surface area contributed by atoms with Gasteiger partial charge in [-0.15, -0.1) is 0 Å². The number of anilines is 2. The number of thiocarbonyl (C=S) groups is 1. The minimum absolute atomic E-state index is 0.0317. The van der Waals surface area contributed by atoms with Crippen LogP contribution in [0.5, 0.6) is 5.75 Å². The van der Waals surface area contributed by atoms with Crippen LogP contribution in [0.4, 0.5) is 11.4 Å². The minimum Gasteiger partial charge on any atom is -0.496 e. The molecule has 2 amide bonds. The second-order valence-electron chi connectivity index (χ2n) is 8.92. The Morgan fingerprint density at radius 3 is 1.97 bits per heavy atom. The Kier molecular flexibility index (Phi) is 7.68. The number of hydrogen-bond donors (Lipinski definition) is 3. The zero-order valence-corrected chi connectivity index (χ0v) is 20.8. The predicted molar refractivity (Wildman–Crippen MR) is 141 cm³/mol. The number of nitrogens with one attached hydrogen (secondary N) is 3. The van der Waals surface area contributed by atoms with E-state index in [4.69, 9.17) is 17.0 Å². The number of hydrogen-bond acceptors (Lipinski definition) is 4. The number of ether oxygens (including phenoxy) is 1. The molecule has 3 N–H and O–H groups in total. The first kappa shape index (κ1) is 24.9. The number of para-hydroxylation sites is 1. The lowest BCUT2D eigenvalue weighted by Gasteiger charge is -2.19. The van der Waals surface area contributed by atoms with E-state index in [2.05, 4.69) is 36.7 Å². The third kappa shape index (κ3) is 6.20. The molecule has 0 atom stereocenters. The van der Waals surface area contributed by atoms with Gasteiger partial charge in [-0.2, -0.15) is 0 Å². The summed E-state index contributed by atoms with van der Waals surface area (Å²) in [6, 6.07) is 20.0. The quantitative estimate of drug-likeness (QED) is 0.414. The number of amides is 2. The van der Waals surface area contributed by atoms with Gasteiger partial charge in [-0.25, -0.2) is 0 Å². The standard InChI is InChI=1S/C27H29N3O3S/c1-17-7-6-8-22(23(17)33-5)25(32)30-26(34)29-21-15-13-20(14-16-21)28-24(31)18-9-11-19(12-10-18)27(2,3)4/h6-16H,1-5H3,(H,28,31)(H2,29,30,32,34). The normalized spacial score (nSPS) is 10.9. The Labute approximate surface area is 205 Å². The van der Waals surface area contributed by atoms with Gasteiger partial charge in [0.15, 0.2) is 5.11 Å². The average molecular weight is 476 g/mol. The lowest BCUT2D eigenvalue weighted by Crippen LogP contribution is -2.34. The molecule has 0 spiro atoms. The first-order chi connectivity index (χ1) is 16.1. The number of rotatable bonds is 5.